The van der Waals surface area contributed by atoms with Crippen molar-refractivity contribution in [2.75, 3.05) is 32.7 Å². The zero-order valence-corrected chi connectivity index (χ0v) is 10.6. The van der Waals surface area contributed by atoms with Gasteiger partial charge < -0.3 is 10.6 Å². The van der Waals surface area contributed by atoms with Crippen LogP contribution >= 0.6 is 11.3 Å². The largest absolute Gasteiger partial charge is 0.348 e. The van der Waals surface area contributed by atoms with Crippen molar-refractivity contribution in [3.8, 4) is 0 Å². The number of rotatable bonds is 4. The Hall–Kier alpha value is -0.980. The van der Waals surface area contributed by atoms with Crippen LogP contribution in [-0.4, -0.2) is 48.5 Å². The lowest BCUT2D eigenvalue weighted by Crippen LogP contribution is -2.38. The van der Waals surface area contributed by atoms with Crippen molar-refractivity contribution in [1.82, 2.24) is 20.5 Å². The van der Waals surface area contributed by atoms with Gasteiger partial charge in [0, 0.05) is 24.7 Å². The summed E-state index contributed by atoms with van der Waals surface area (Å²) in [7, 11) is 0. The van der Waals surface area contributed by atoms with Gasteiger partial charge in [0.1, 0.15) is 5.01 Å². The number of hydrogen-bond donors (Lipinski definition) is 2. The van der Waals surface area contributed by atoms with E-state index in [1.54, 1.807) is 17.5 Å². The quantitative estimate of drug-likeness (QED) is 0.797. The first-order chi connectivity index (χ1) is 8.34. The molecule has 0 unspecified atom stereocenters. The molecule has 1 aromatic heterocycles. The number of aromatic nitrogens is 1. The predicted molar refractivity (Wildman–Crippen MR) is 67.9 cm³/mol. The molecule has 94 valence electrons. The van der Waals surface area contributed by atoms with Crippen molar-refractivity contribution in [2.24, 2.45) is 0 Å². The Morgan fingerprint density at radius 2 is 2.47 bits per heavy atom. The lowest BCUT2D eigenvalue weighted by Gasteiger charge is -2.18. The SMILES string of the molecule is O=C(CN1CCCNCC1)NCc1nccs1. The van der Waals surface area contributed by atoms with E-state index in [0.717, 1.165) is 37.6 Å². The van der Waals surface area contributed by atoms with Gasteiger partial charge in [-0.1, -0.05) is 0 Å². The van der Waals surface area contributed by atoms with Crippen LogP contribution in [0.15, 0.2) is 11.6 Å². The second-order valence-electron chi connectivity index (χ2n) is 4.08. The molecular weight excluding hydrogens is 236 g/mol. The fourth-order valence-corrected chi connectivity index (χ4v) is 2.39. The second kappa shape index (κ2) is 6.68. The van der Waals surface area contributed by atoms with E-state index >= 15 is 0 Å². The van der Waals surface area contributed by atoms with Crippen molar-refractivity contribution in [2.45, 2.75) is 13.0 Å². The Balaban J connectivity index is 1.69. The summed E-state index contributed by atoms with van der Waals surface area (Å²) in [6.07, 6.45) is 2.87. The lowest BCUT2D eigenvalue weighted by atomic mass is 10.4. The Kier molecular flexibility index (Phi) is 4.90. The maximum Gasteiger partial charge on any atom is 0.234 e. The normalized spacial score (nSPS) is 17.6. The number of hydrogen-bond acceptors (Lipinski definition) is 5. The summed E-state index contributed by atoms with van der Waals surface area (Å²) in [5.41, 5.74) is 0. The van der Waals surface area contributed by atoms with Crippen LogP contribution in [0.3, 0.4) is 0 Å². The average molecular weight is 254 g/mol. The third-order valence-corrected chi connectivity index (χ3v) is 3.50. The second-order valence-corrected chi connectivity index (χ2v) is 5.06. The van der Waals surface area contributed by atoms with E-state index < -0.39 is 0 Å². The van der Waals surface area contributed by atoms with Crippen molar-refractivity contribution in [1.29, 1.82) is 0 Å². The molecule has 0 bridgehead atoms. The third kappa shape index (κ3) is 4.41. The van der Waals surface area contributed by atoms with Crippen LogP contribution in [0.4, 0.5) is 0 Å². The Labute approximate surface area is 105 Å². The van der Waals surface area contributed by atoms with Crippen LogP contribution in [0.1, 0.15) is 11.4 Å². The van der Waals surface area contributed by atoms with Crippen molar-refractivity contribution in [3.63, 3.8) is 0 Å². The van der Waals surface area contributed by atoms with Crippen LogP contribution in [-0.2, 0) is 11.3 Å². The van der Waals surface area contributed by atoms with Gasteiger partial charge in [-0.05, 0) is 19.5 Å². The van der Waals surface area contributed by atoms with Crippen LogP contribution in [0.2, 0.25) is 0 Å². The van der Waals surface area contributed by atoms with Crippen LogP contribution in [0, 0.1) is 0 Å². The third-order valence-electron chi connectivity index (χ3n) is 2.72. The van der Waals surface area contributed by atoms with E-state index in [1.807, 2.05) is 5.38 Å². The first-order valence-corrected chi connectivity index (χ1v) is 6.81. The van der Waals surface area contributed by atoms with Crippen molar-refractivity contribution < 1.29 is 4.79 Å². The van der Waals surface area contributed by atoms with Crippen LogP contribution in [0.5, 0.6) is 0 Å². The molecule has 6 heteroatoms. The molecule has 1 aromatic rings. The van der Waals surface area contributed by atoms with Gasteiger partial charge in [0.15, 0.2) is 0 Å². The van der Waals surface area contributed by atoms with E-state index in [4.69, 9.17) is 0 Å². The Bertz CT molecular complexity index is 333. The molecule has 2 N–H and O–H groups in total. The Morgan fingerprint density at radius 1 is 1.53 bits per heavy atom. The molecule has 0 atom stereocenters. The average Bonchev–Trinajstić information content (AvgIpc) is 2.72. The van der Waals surface area contributed by atoms with E-state index in [2.05, 4.69) is 20.5 Å². The summed E-state index contributed by atoms with van der Waals surface area (Å²) in [5, 5.41) is 9.10. The van der Waals surface area contributed by atoms with E-state index in [1.165, 1.54) is 0 Å². The predicted octanol–water partition coefficient (Wildman–Crippen LogP) is 0.0546. The van der Waals surface area contributed by atoms with Crippen molar-refractivity contribution in [3.05, 3.63) is 16.6 Å². The molecule has 2 rings (SSSR count). The highest BCUT2D eigenvalue weighted by atomic mass is 32.1. The molecule has 0 saturated carbocycles. The van der Waals surface area contributed by atoms with Gasteiger partial charge in [-0.3, -0.25) is 9.69 Å². The molecule has 0 spiro atoms. The highest BCUT2D eigenvalue weighted by Crippen LogP contribution is 2.02. The van der Waals surface area contributed by atoms with E-state index in [9.17, 15) is 4.79 Å². The van der Waals surface area contributed by atoms with Gasteiger partial charge in [-0.15, -0.1) is 11.3 Å². The first kappa shape index (κ1) is 12.5. The minimum Gasteiger partial charge on any atom is -0.348 e. The minimum absolute atomic E-state index is 0.0853. The molecule has 2 heterocycles. The molecule has 0 radical (unpaired) electrons. The highest BCUT2D eigenvalue weighted by Gasteiger charge is 2.12. The maximum absolute atomic E-state index is 11.7. The molecule has 0 aromatic carbocycles. The molecule has 5 nitrogen and oxygen atoms in total. The fraction of sp³-hybridized carbons (Fsp3) is 0.636. The summed E-state index contributed by atoms with van der Waals surface area (Å²) in [6, 6.07) is 0. The molecule has 1 aliphatic heterocycles. The summed E-state index contributed by atoms with van der Waals surface area (Å²) < 4.78 is 0. The van der Waals surface area contributed by atoms with E-state index in [0.29, 0.717) is 13.1 Å². The molecule has 1 saturated heterocycles. The number of nitrogens with zero attached hydrogens (tertiary/aromatic N) is 2. The zero-order chi connectivity index (χ0) is 11.9. The van der Waals surface area contributed by atoms with Gasteiger partial charge in [0.25, 0.3) is 0 Å². The van der Waals surface area contributed by atoms with Gasteiger partial charge in [-0.2, -0.15) is 0 Å². The number of amides is 1. The number of nitrogens with one attached hydrogen (secondary N) is 2. The molecule has 1 fully saturated rings. The molecule has 0 aliphatic carbocycles. The summed E-state index contributed by atoms with van der Waals surface area (Å²) in [6.45, 7) is 5.01. The topological polar surface area (TPSA) is 57.3 Å². The standard InChI is InChI=1S/C11H18N4OS/c16-10(14-8-11-13-4-7-17-11)9-15-5-1-2-12-3-6-15/h4,7,12H,1-3,5-6,8-9H2,(H,14,16). The van der Waals surface area contributed by atoms with Gasteiger partial charge in [-0.25, -0.2) is 4.98 Å². The number of carbonyl (C=O) groups is 1. The van der Waals surface area contributed by atoms with Crippen LogP contribution in [0.25, 0.3) is 0 Å². The van der Waals surface area contributed by atoms with Crippen molar-refractivity contribution >= 4 is 17.2 Å². The molecule has 1 aliphatic rings. The van der Waals surface area contributed by atoms with E-state index in [-0.39, 0.29) is 5.91 Å². The number of thiazole rings is 1. The van der Waals surface area contributed by atoms with Crippen LogP contribution < -0.4 is 10.6 Å². The smallest absolute Gasteiger partial charge is 0.234 e. The lowest BCUT2D eigenvalue weighted by molar-refractivity contribution is -0.122. The first-order valence-electron chi connectivity index (χ1n) is 5.93. The monoisotopic (exact) mass is 254 g/mol. The molecule has 1 amide bonds. The summed E-state index contributed by atoms with van der Waals surface area (Å²) in [4.78, 5) is 18.0. The zero-order valence-electron chi connectivity index (χ0n) is 9.82. The van der Waals surface area contributed by atoms with Gasteiger partial charge in [0.05, 0.1) is 13.1 Å². The maximum atomic E-state index is 11.7. The highest BCUT2D eigenvalue weighted by molar-refractivity contribution is 7.09. The fourth-order valence-electron chi connectivity index (χ4n) is 1.83. The van der Waals surface area contributed by atoms with Gasteiger partial charge in [0.2, 0.25) is 5.91 Å². The minimum atomic E-state index is 0.0853. The summed E-state index contributed by atoms with van der Waals surface area (Å²) in [5.74, 6) is 0.0853. The van der Waals surface area contributed by atoms with Gasteiger partial charge >= 0.3 is 0 Å². The Morgan fingerprint density at radius 3 is 3.29 bits per heavy atom. The molecule has 17 heavy (non-hydrogen) atoms. The number of carbonyl (C=O) groups excluding carboxylic acids is 1. The summed E-state index contributed by atoms with van der Waals surface area (Å²) >= 11 is 1.56. The molecular formula is C11H18N4OS.